The van der Waals surface area contributed by atoms with Gasteiger partial charge in [0.2, 0.25) is 0 Å². The highest BCUT2D eigenvalue weighted by atomic mass is 15.0. The molecule has 0 bridgehead atoms. The molecule has 0 atom stereocenters. The second-order valence-corrected chi connectivity index (χ2v) is 13.8. The van der Waals surface area contributed by atoms with Gasteiger partial charge in [-0.2, -0.15) is 0 Å². The number of hydrogen-bond acceptors (Lipinski definition) is 0. The molecule has 0 aliphatic heterocycles. The maximum atomic E-state index is 2.43. The lowest BCUT2D eigenvalue weighted by molar-refractivity contribution is 1.12. The number of fused-ring (bicyclic) bond motifs is 7. The minimum absolute atomic E-state index is 1.14. The molecule has 0 unspecified atom stereocenters. The van der Waals surface area contributed by atoms with Crippen molar-refractivity contribution < 1.29 is 0 Å². The van der Waals surface area contributed by atoms with Crippen molar-refractivity contribution in [1.82, 2.24) is 13.7 Å². The maximum Gasteiger partial charge on any atom is 0.0549 e. The quantitative estimate of drug-likeness (QED) is 0.172. The van der Waals surface area contributed by atoms with E-state index >= 15 is 0 Å². The Morgan fingerprint density at radius 1 is 0.264 bits per heavy atom. The lowest BCUT2D eigenvalue weighted by Crippen LogP contribution is -1.96. The average Bonchev–Trinajstić information content (AvgIpc) is 3.91. The molecule has 3 nitrogen and oxygen atoms in total. The predicted molar refractivity (Wildman–Crippen MR) is 223 cm³/mol. The summed E-state index contributed by atoms with van der Waals surface area (Å²) < 4.78 is 7.13. The summed E-state index contributed by atoms with van der Waals surface area (Å²) in [6.45, 7) is 0. The zero-order valence-electron chi connectivity index (χ0n) is 28.9. The van der Waals surface area contributed by atoms with Gasteiger partial charge in [-0.05, 0) is 89.0 Å². The Balaban J connectivity index is 1.11. The van der Waals surface area contributed by atoms with Gasteiger partial charge in [-0.15, -0.1) is 0 Å². The molecule has 11 aromatic rings. The summed E-state index contributed by atoms with van der Waals surface area (Å²) in [6, 6.07) is 70.6. The molecule has 248 valence electrons. The van der Waals surface area contributed by atoms with Gasteiger partial charge in [0, 0.05) is 50.2 Å². The van der Waals surface area contributed by atoms with E-state index in [9.17, 15) is 0 Å². The molecule has 0 spiro atoms. The minimum Gasteiger partial charge on any atom is -0.316 e. The van der Waals surface area contributed by atoms with Crippen molar-refractivity contribution in [2.45, 2.75) is 0 Å². The highest BCUT2D eigenvalue weighted by molar-refractivity contribution is 6.12. The number of nitrogens with zero attached hydrogens (tertiary/aromatic N) is 3. The Labute approximate surface area is 306 Å². The van der Waals surface area contributed by atoms with E-state index in [2.05, 4.69) is 214 Å². The number of para-hydroxylation sites is 3. The van der Waals surface area contributed by atoms with E-state index in [-0.39, 0.29) is 0 Å². The molecule has 0 aliphatic carbocycles. The molecule has 0 saturated heterocycles. The van der Waals surface area contributed by atoms with Crippen LogP contribution in [0.4, 0.5) is 0 Å². The van der Waals surface area contributed by atoms with Crippen molar-refractivity contribution in [3.63, 3.8) is 0 Å². The van der Waals surface area contributed by atoms with Crippen LogP contribution in [0.25, 0.3) is 93.8 Å². The van der Waals surface area contributed by atoms with Crippen LogP contribution >= 0.6 is 0 Å². The SMILES string of the molecule is c1ccc(-c2cccc(-n3c4ccccc4c4ccc(-c5ccc6c7ccccc7n(-c7ccc8ccn(-c9ccccc9)c8c7)c6c5)cc43)c2)cc1. The van der Waals surface area contributed by atoms with Gasteiger partial charge >= 0.3 is 0 Å². The monoisotopic (exact) mass is 675 g/mol. The minimum atomic E-state index is 1.14. The van der Waals surface area contributed by atoms with Crippen molar-refractivity contribution in [3.05, 3.63) is 200 Å². The molecular formula is C50H33N3. The normalized spacial score (nSPS) is 11.8. The standard InChI is InChI=1S/C50H33N3/c1-3-12-34(13-4-1)36-14-11-17-40(30-36)52-46-20-9-7-18-42(46)44-26-23-37(31-49(44)52)38-24-27-45-43-19-8-10-21-47(43)53(50(45)32-38)41-25-22-35-28-29-51(48(35)33-41)39-15-5-2-6-16-39/h1-33H. The topological polar surface area (TPSA) is 14.8 Å². The lowest BCUT2D eigenvalue weighted by atomic mass is 10.0. The second kappa shape index (κ2) is 11.7. The van der Waals surface area contributed by atoms with Gasteiger partial charge in [0.05, 0.1) is 27.6 Å². The molecule has 11 rings (SSSR count). The molecular weight excluding hydrogens is 643 g/mol. The van der Waals surface area contributed by atoms with Crippen LogP contribution in [0.15, 0.2) is 200 Å². The Kier molecular flexibility index (Phi) is 6.55. The van der Waals surface area contributed by atoms with Crippen LogP contribution in [-0.2, 0) is 0 Å². The largest absolute Gasteiger partial charge is 0.316 e. The first-order valence-corrected chi connectivity index (χ1v) is 18.2. The van der Waals surface area contributed by atoms with Crippen molar-refractivity contribution in [2.75, 3.05) is 0 Å². The summed E-state index contributed by atoms with van der Waals surface area (Å²) in [5.41, 5.74) is 14.2. The Bertz CT molecular complexity index is 3160. The third kappa shape index (κ3) is 4.68. The fourth-order valence-electron chi connectivity index (χ4n) is 8.38. The number of hydrogen-bond donors (Lipinski definition) is 0. The number of aromatic nitrogens is 3. The molecule has 3 heteroatoms. The Hall–Kier alpha value is -7.10. The van der Waals surface area contributed by atoms with E-state index in [1.807, 2.05) is 0 Å². The van der Waals surface area contributed by atoms with Crippen LogP contribution in [0.3, 0.4) is 0 Å². The van der Waals surface area contributed by atoms with E-state index in [1.54, 1.807) is 0 Å². The summed E-state index contributed by atoms with van der Waals surface area (Å²) in [4.78, 5) is 0. The first-order valence-electron chi connectivity index (χ1n) is 18.2. The van der Waals surface area contributed by atoms with Crippen LogP contribution in [-0.4, -0.2) is 13.7 Å². The highest BCUT2D eigenvalue weighted by Gasteiger charge is 2.17. The van der Waals surface area contributed by atoms with Crippen LogP contribution in [0, 0.1) is 0 Å². The van der Waals surface area contributed by atoms with E-state index < -0.39 is 0 Å². The molecule has 53 heavy (non-hydrogen) atoms. The van der Waals surface area contributed by atoms with Crippen LogP contribution < -0.4 is 0 Å². The third-order valence-corrected chi connectivity index (χ3v) is 10.9. The lowest BCUT2D eigenvalue weighted by Gasteiger charge is -2.12. The van der Waals surface area contributed by atoms with E-state index in [4.69, 9.17) is 0 Å². The van der Waals surface area contributed by atoms with Gasteiger partial charge in [0.15, 0.2) is 0 Å². The van der Waals surface area contributed by atoms with Gasteiger partial charge < -0.3 is 13.7 Å². The molecule has 0 fully saturated rings. The molecule has 0 saturated carbocycles. The molecule has 0 N–H and O–H groups in total. The van der Waals surface area contributed by atoms with Crippen molar-refractivity contribution >= 4 is 54.5 Å². The van der Waals surface area contributed by atoms with Gasteiger partial charge in [-0.25, -0.2) is 0 Å². The highest BCUT2D eigenvalue weighted by Crippen LogP contribution is 2.39. The third-order valence-electron chi connectivity index (χ3n) is 10.9. The number of benzene rings is 8. The maximum absolute atomic E-state index is 2.43. The summed E-state index contributed by atoms with van der Waals surface area (Å²) in [5.74, 6) is 0. The van der Waals surface area contributed by atoms with E-state index in [0.29, 0.717) is 0 Å². The molecule has 3 heterocycles. The molecule has 8 aromatic carbocycles. The zero-order valence-corrected chi connectivity index (χ0v) is 28.9. The summed E-state index contributed by atoms with van der Waals surface area (Å²) in [6.07, 6.45) is 2.17. The van der Waals surface area contributed by atoms with Gasteiger partial charge in [0.1, 0.15) is 0 Å². The summed E-state index contributed by atoms with van der Waals surface area (Å²) in [7, 11) is 0. The average molecular weight is 676 g/mol. The van der Waals surface area contributed by atoms with Crippen LogP contribution in [0.5, 0.6) is 0 Å². The van der Waals surface area contributed by atoms with E-state index in [1.165, 1.54) is 76.8 Å². The van der Waals surface area contributed by atoms with Crippen molar-refractivity contribution in [1.29, 1.82) is 0 Å². The first kappa shape index (κ1) is 29.6. The summed E-state index contributed by atoms with van der Waals surface area (Å²) >= 11 is 0. The zero-order chi connectivity index (χ0) is 34.9. The Morgan fingerprint density at radius 3 is 1.43 bits per heavy atom. The molecule has 0 amide bonds. The van der Waals surface area contributed by atoms with Gasteiger partial charge in [-0.1, -0.05) is 127 Å². The molecule has 3 aromatic heterocycles. The van der Waals surface area contributed by atoms with E-state index in [0.717, 1.165) is 17.1 Å². The Morgan fingerprint density at radius 2 is 0.774 bits per heavy atom. The summed E-state index contributed by atoms with van der Waals surface area (Å²) in [5, 5.41) is 6.22. The van der Waals surface area contributed by atoms with Crippen LogP contribution in [0.1, 0.15) is 0 Å². The fraction of sp³-hybridized carbons (Fsp3) is 0. The van der Waals surface area contributed by atoms with Crippen molar-refractivity contribution in [2.24, 2.45) is 0 Å². The fourth-order valence-corrected chi connectivity index (χ4v) is 8.38. The van der Waals surface area contributed by atoms with Gasteiger partial charge in [0.25, 0.3) is 0 Å². The van der Waals surface area contributed by atoms with Crippen molar-refractivity contribution in [3.8, 4) is 39.3 Å². The second-order valence-electron chi connectivity index (χ2n) is 13.8. The smallest absolute Gasteiger partial charge is 0.0549 e. The molecule has 0 aliphatic rings. The molecule has 0 radical (unpaired) electrons. The van der Waals surface area contributed by atoms with Crippen LogP contribution in [0.2, 0.25) is 0 Å². The first-order chi connectivity index (χ1) is 26.3. The van der Waals surface area contributed by atoms with Gasteiger partial charge in [-0.3, -0.25) is 0 Å². The predicted octanol–water partition coefficient (Wildman–Crippen LogP) is 13.2. The number of rotatable bonds is 5.